The summed E-state index contributed by atoms with van der Waals surface area (Å²) in [5.41, 5.74) is -0.0345. The third-order valence-electron chi connectivity index (χ3n) is 3.91. The lowest BCUT2D eigenvalue weighted by Gasteiger charge is -2.35. The molecule has 6 nitrogen and oxygen atoms in total. The predicted molar refractivity (Wildman–Crippen MR) is 79.5 cm³/mol. The topological polar surface area (TPSA) is 71.0 Å². The van der Waals surface area contributed by atoms with E-state index in [4.69, 9.17) is 0 Å². The van der Waals surface area contributed by atoms with E-state index < -0.39 is 5.54 Å². The van der Waals surface area contributed by atoms with Crippen LogP contribution in [0.5, 0.6) is 0 Å². The highest BCUT2D eigenvalue weighted by molar-refractivity contribution is 7.09. The van der Waals surface area contributed by atoms with E-state index in [0.29, 0.717) is 12.2 Å². The van der Waals surface area contributed by atoms with Gasteiger partial charge in [-0.2, -0.15) is 0 Å². The maximum atomic E-state index is 12.6. The standard InChI is InChI=1S/C14H17N5OS/c1-15-13(20)14(11-9-16-4-5-17-11)3-2-7-19(14)10-12-18-6-8-21-12/h4-6,8-9H,2-3,7,10H2,1H3,(H,15,20)/t14-/m0/s1. The van der Waals surface area contributed by atoms with E-state index in [1.807, 2.05) is 5.38 Å². The molecule has 1 saturated heterocycles. The van der Waals surface area contributed by atoms with Crippen LogP contribution in [-0.4, -0.2) is 39.4 Å². The van der Waals surface area contributed by atoms with E-state index >= 15 is 0 Å². The number of likely N-dealkylation sites (N-methyl/N-ethyl adjacent to an activating group) is 1. The summed E-state index contributed by atoms with van der Waals surface area (Å²) in [5, 5.41) is 5.75. The van der Waals surface area contributed by atoms with Crippen molar-refractivity contribution in [2.24, 2.45) is 0 Å². The van der Waals surface area contributed by atoms with Crippen LogP contribution in [0.25, 0.3) is 0 Å². The first kappa shape index (κ1) is 14.1. The minimum Gasteiger partial charge on any atom is -0.357 e. The van der Waals surface area contributed by atoms with Gasteiger partial charge < -0.3 is 5.32 Å². The third kappa shape index (κ3) is 2.43. The summed E-state index contributed by atoms with van der Waals surface area (Å²) in [7, 11) is 1.67. The third-order valence-corrected chi connectivity index (χ3v) is 4.67. The maximum absolute atomic E-state index is 12.6. The number of likely N-dealkylation sites (tertiary alicyclic amines) is 1. The molecule has 7 heteroatoms. The number of carbonyl (C=O) groups excluding carboxylic acids is 1. The van der Waals surface area contributed by atoms with Crippen molar-refractivity contribution in [2.75, 3.05) is 13.6 Å². The molecule has 3 heterocycles. The molecule has 1 fully saturated rings. The number of nitrogens with zero attached hydrogens (tertiary/aromatic N) is 4. The van der Waals surface area contributed by atoms with Crippen LogP contribution >= 0.6 is 11.3 Å². The van der Waals surface area contributed by atoms with Gasteiger partial charge in [0.2, 0.25) is 5.91 Å². The Morgan fingerprint density at radius 2 is 2.33 bits per heavy atom. The second-order valence-corrected chi connectivity index (χ2v) is 5.96. The highest BCUT2D eigenvalue weighted by Crippen LogP contribution is 2.39. The van der Waals surface area contributed by atoms with Crippen LogP contribution in [0.3, 0.4) is 0 Å². The SMILES string of the molecule is CNC(=O)[C@@]1(c2cnccn2)CCCN1Cc1nccs1. The molecule has 0 saturated carbocycles. The lowest BCUT2D eigenvalue weighted by Crippen LogP contribution is -2.52. The molecule has 0 radical (unpaired) electrons. The maximum Gasteiger partial charge on any atom is 0.246 e. The van der Waals surface area contributed by atoms with Crippen LogP contribution in [0.4, 0.5) is 0 Å². The van der Waals surface area contributed by atoms with Crippen LogP contribution in [0.1, 0.15) is 23.5 Å². The number of hydrogen-bond acceptors (Lipinski definition) is 6. The second-order valence-electron chi connectivity index (χ2n) is 4.98. The van der Waals surface area contributed by atoms with Crippen molar-refractivity contribution in [1.82, 2.24) is 25.2 Å². The Morgan fingerprint density at radius 3 is 3.00 bits per heavy atom. The lowest BCUT2D eigenvalue weighted by atomic mass is 9.91. The van der Waals surface area contributed by atoms with E-state index in [9.17, 15) is 4.79 Å². The zero-order valence-corrected chi connectivity index (χ0v) is 12.6. The minimum absolute atomic E-state index is 0.0305. The molecule has 1 atom stereocenters. The number of nitrogens with one attached hydrogen (secondary N) is 1. The van der Waals surface area contributed by atoms with Crippen molar-refractivity contribution < 1.29 is 4.79 Å². The smallest absolute Gasteiger partial charge is 0.246 e. The molecule has 0 aliphatic carbocycles. The van der Waals surface area contributed by atoms with E-state index in [1.165, 1.54) is 0 Å². The van der Waals surface area contributed by atoms with Crippen molar-refractivity contribution in [3.63, 3.8) is 0 Å². The Kier molecular flexibility index (Phi) is 3.94. The molecule has 2 aromatic rings. The summed E-state index contributed by atoms with van der Waals surface area (Å²) in [6.07, 6.45) is 8.45. The molecule has 21 heavy (non-hydrogen) atoms. The zero-order valence-electron chi connectivity index (χ0n) is 11.8. The summed E-state index contributed by atoms with van der Waals surface area (Å²) >= 11 is 1.60. The van der Waals surface area contributed by atoms with Crippen molar-refractivity contribution >= 4 is 17.2 Å². The van der Waals surface area contributed by atoms with Crippen LogP contribution in [0.2, 0.25) is 0 Å². The summed E-state index contributed by atoms with van der Waals surface area (Å²) < 4.78 is 0. The minimum atomic E-state index is -0.741. The van der Waals surface area contributed by atoms with E-state index in [0.717, 1.165) is 24.4 Å². The Balaban J connectivity index is 2.00. The van der Waals surface area contributed by atoms with Gasteiger partial charge in [-0.05, 0) is 12.8 Å². The molecule has 1 aliphatic heterocycles. The highest BCUT2D eigenvalue weighted by Gasteiger charge is 2.49. The molecule has 0 bridgehead atoms. The van der Waals surface area contributed by atoms with Crippen LogP contribution in [-0.2, 0) is 16.9 Å². The molecule has 0 aromatic carbocycles. The summed E-state index contributed by atoms with van der Waals surface area (Å²) in [5.74, 6) is -0.0305. The molecular weight excluding hydrogens is 286 g/mol. The molecule has 3 rings (SSSR count). The van der Waals surface area contributed by atoms with Gasteiger partial charge in [-0.3, -0.25) is 19.7 Å². The Bertz CT molecular complexity index is 603. The van der Waals surface area contributed by atoms with Gasteiger partial charge >= 0.3 is 0 Å². The van der Waals surface area contributed by atoms with Crippen LogP contribution < -0.4 is 5.32 Å². The number of carbonyl (C=O) groups is 1. The first-order valence-corrected chi connectivity index (χ1v) is 7.77. The zero-order chi connectivity index (χ0) is 14.7. The summed E-state index contributed by atoms with van der Waals surface area (Å²) in [4.78, 5) is 27.7. The van der Waals surface area contributed by atoms with Crippen molar-refractivity contribution in [3.8, 4) is 0 Å². The molecular formula is C14H17N5OS. The van der Waals surface area contributed by atoms with E-state index in [1.54, 1.807) is 43.2 Å². The summed E-state index contributed by atoms with van der Waals surface area (Å²) in [6.45, 7) is 1.51. The van der Waals surface area contributed by atoms with Crippen molar-refractivity contribution in [2.45, 2.75) is 24.9 Å². The summed E-state index contributed by atoms with van der Waals surface area (Å²) in [6, 6.07) is 0. The Hall–Kier alpha value is -1.86. The fourth-order valence-corrected chi connectivity index (χ4v) is 3.60. The second kappa shape index (κ2) is 5.87. The average Bonchev–Trinajstić information content (AvgIpc) is 3.18. The molecule has 1 N–H and O–H groups in total. The lowest BCUT2D eigenvalue weighted by molar-refractivity contribution is -0.132. The molecule has 0 spiro atoms. The van der Waals surface area contributed by atoms with Gasteiger partial charge in [-0.1, -0.05) is 0 Å². The van der Waals surface area contributed by atoms with Gasteiger partial charge in [0.25, 0.3) is 0 Å². The predicted octanol–water partition coefficient (Wildman–Crippen LogP) is 1.17. The fraction of sp³-hybridized carbons (Fsp3) is 0.429. The van der Waals surface area contributed by atoms with Crippen LogP contribution in [0, 0.1) is 0 Å². The number of aromatic nitrogens is 3. The first-order chi connectivity index (χ1) is 10.3. The van der Waals surface area contributed by atoms with Gasteiger partial charge in [0.1, 0.15) is 10.5 Å². The average molecular weight is 303 g/mol. The largest absolute Gasteiger partial charge is 0.357 e. The normalized spacial score (nSPS) is 22.3. The number of amides is 1. The molecule has 2 aromatic heterocycles. The van der Waals surface area contributed by atoms with Gasteiger partial charge in [-0.15, -0.1) is 11.3 Å². The van der Waals surface area contributed by atoms with Gasteiger partial charge in [0.15, 0.2) is 0 Å². The van der Waals surface area contributed by atoms with Gasteiger partial charge in [0, 0.05) is 37.6 Å². The van der Waals surface area contributed by atoms with Crippen LogP contribution in [0.15, 0.2) is 30.2 Å². The molecule has 1 amide bonds. The molecule has 0 unspecified atom stereocenters. The van der Waals surface area contributed by atoms with E-state index in [2.05, 4.69) is 25.2 Å². The molecule has 1 aliphatic rings. The fourth-order valence-electron chi connectivity index (χ4n) is 2.97. The monoisotopic (exact) mass is 303 g/mol. The Morgan fingerprint density at radius 1 is 1.43 bits per heavy atom. The van der Waals surface area contributed by atoms with Gasteiger partial charge in [-0.25, -0.2) is 4.98 Å². The van der Waals surface area contributed by atoms with E-state index in [-0.39, 0.29) is 5.91 Å². The van der Waals surface area contributed by atoms with Crippen molar-refractivity contribution in [1.29, 1.82) is 0 Å². The number of thiazole rings is 1. The Labute approximate surface area is 127 Å². The number of hydrogen-bond donors (Lipinski definition) is 1. The first-order valence-electron chi connectivity index (χ1n) is 6.89. The highest BCUT2D eigenvalue weighted by atomic mass is 32.1. The van der Waals surface area contributed by atoms with Crippen molar-refractivity contribution in [3.05, 3.63) is 40.9 Å². The quantitative estimate of drug-likeness (QED) is 0.918. The number of rotatable bonds is 4. The molecule has 110 valence electrons. The van der Waals surface area contributed by atoms with Gasteiger partial charge in [0.05, 0.1) is 18.4 Å².